The highest BCUT2D eigenvalue weighted by Gasteiger charge is 2.23. The van der Waals surface area contributed by atoms with Crippen molar-refractivity contribution in [2.24, 2.45) is 4.99 Å². The van der Waals surface area contributed by atoms with Crippen molar-refractivity contribution in [3.63, 3.8) is 0 Å². The molecular formula is C16H29N3. The van der Waals surface area contributed by atoms with E-state index in [1.807, 2.05) is 13.8 Å². The quantitative estimate of drug-likeness (QED) is 0.681. The minimum Gasteiger partial charge on any atom is -0.358 e. The number of rotatable bonds is 6. The molecule has 0 aromatic carbocycles. The summed E-state index contributed by atoms with van der Waals surface area (Å²) in [4.78, 5) is 9.45. The van der Waals surface area contributed by atoms with Crippen molar-refractivity contribution in [2.75, 3.05) is 20.1 Å². The first-order valence-corrected chi connectivity index (χ1v) is 7.42. The number of likely N-dealkylation sites (N-methyl/N-ethyl adjacent to an activating group) is 1. The largest absolute Gasteiger partial charge is 0.358 e. The molecular weight excluding hydrogens is 234 g/mol. The van der Waals surface area contributed by atoms with Gasteiger partial charge in [-0.1, -0.05) is 13.8 Å². The lowest BCUT2D eigenvalue weighted by Gasteiger charge is -2.39. The van der Waals surface area contributed by atoms with Crippen LogP contribution in [0.15, 0.2) is 28.7 Å². The van der Waals surface area contributed by atoms with Crippen LogP contribution in [0.2, 0.25) is 0 Å². The lowest BCUT2D eigenvalue weighted by Crippen LogP contribution is -2.41. The molecule has 3 nitrogen and oxygen atoms in total. The second kappa shape index (κ2) is 7.37. The molecule has 0 saturated carbocycles. The maximum absolute atomic E-state index is 4.63. The van der Waals surface area contributed by atoms with Gasteiger partial charge in [-0.05, 0) is 45.8 Å². The molecule has 1 rings (SSSR count). The lowest BCUT2D eigenvalue weighted by atomic mass is 10.1. The molecule has 1 atom stereocenters. The Hall–Kier alpha value is -1.25. The molecule has 1 heterocycles. The van der Waals surface area contributed by atoms with Gasteiger partial charge in [-0.25, -0.2) is 0 Å². The second-order valence-corrected chi connectivity index (χ2v) is 5.45. The Morgan fingerprint density at radius 2 is 1.79 bits per heavy atom. The van der Waals surface area contributed by atoms with E-state index >= 15 is 0 Å². The summed E-state index contributed by atoms with van der Waals surface area (Å²) in [5.74, 6) is 1.32. The Morgan fingerprint density at radius 1 is 1.21 bits per heavy atom. The van der Waals surface area contributed by atoms with E-state index in [1.165, 1.54) is 18.7 Å². The zero-order valence-corrected chi connectivity index (χ0v) is 13.4. The minimum atomic E-state index is 0.339. The molecule has 108 valence electrons. The molecule has 0 bridgehead atoms. The number of aliphatic imine (C=N–C) groups is 1. The number of allylic oxidation sites excluding steroid dienone is 2. The van der Waals surface area contributed by atoms with E-state index in [1.54, 1.807) is 0 Å². The summed E-state index contributed by atoms with van der Waals surface area (Å²) in [5, 5.41) is 0. The van der Waals surface area contributed by atoms with E-state index in [0.717, 1.165) is 24.5 Å². The van der Waals surface area contributed by atoms with Crippen molar-refractivity contribution < 1.29 is 0 Å². The second-order valence-electron chi connectivity index (χ2n) is 5.45. The van der Waals surface area contributed by atoms with Gasteiger partial charge in [0, 0.05) is 25.8 Å². The summed E-state index contributed by atoms with van der Waals surface area (Å²) < 4.78 is 0. The number of hydrogen-bond donors (Lipinski definition) is 0. The zero-order valence-electron chi connectivity index (χ0n) is 13.4. The molecule has 0 aromatic heterocycles. The van der Waals surface area contributed by atoms with Crippen LogP contribution in [-0.2, 0) is 0 Å². The lowest BCUT2D eigenvalue weighted by molar-refractivity contribution is 0.209. The van der Waals surface area contributed by atoms with E-state index in [9.17, 15) is 0 Å². The van der Waals surface area contributed by atoms with E-state index in [-0.39, 0.29) is 0 Å². The van der Waals surface area contributed by atoms with Gasteiger partial charge in [0.1, 0.15) is 5.82 Å². The van der Waals surface area contributed by atoms with Gasteiger partial charge in [0.2, 0.25) is 0 Å². The fourth-order valence-corrected chi connectivity index (χ4v) is 2.41. The first kappa shape index (κ1) is 15.8. The van der Waals surface area contributed by atoms with E-state index in [0.29, 0.717) is 6.04 Å². The van der Waals surface area contributed by atoms with Gasteiger partial charge in [0.15, 0.2) is 0 Å². The summed E-state index contributed by atoms with van der Waals surface area (Å²) in [6.07, 6.45) is 6.75. The topological polar surface area (TPSA) is 18.8 Å². The molecule has 0 aliphatic carbocycles. The average molecular weight is 263 g/mol. The fourth-order valence-electron chi connectivity index (χ4n) is 2.41. The van der Waals surface area contributed by atoms with Crippen molar-refractivity contribution in [1.82, 2.24) is 9.80 Å². The van der Waals surface area contributed by atoms with Crippen LogP contribution in [-0.4, -0.2) is 41.7 Å². The van der Waals surface area contributed by atoms with Crippen LogP contribution in [0, 0.1) is 0 Å². The van der Waals surface area contributed by atoms with E-state index < -0.39 is 0 Å². The van der Waals surface area contributed by atoms with Gasteiger partial charge in [0.25, 0.3) is 0 Å². The number of nitrogens with zero attached hydrogens (tertiary/aromatic N) is 3. The molecule has 0 saturated heterocycles. The summed E-state index contributed by atoms with van der Waals surface area (Å²) in [7, 11) is 2.17. The third kappa shape index (κ3) is 4.12. The predicted octanol–water partition coefficient (Wildman–Crippen LogP) is 3.65. The molecule has 0 N–H and O–H groups in total. The normalized spacial score (nSPS) is 18.8. The zero-order chi connectivity index (χ0) is 14.4. The molecule has 0 fully saturated rings. The van der Waals surface area contributed by atoms with Gasteiger partial charge in [0.05, 0.1) is 11.7 Å². The summed E-state index contributed by atoms with van der Waals surface area (Å²) >= 11 is 0. The molecule has 0 spiro atoms. The van der Waals surface area contributed by atoms with Crippen LogP contribution in [0.4, 0.5) is 0 Å². The third-order valence-corrected chi connectivity index (χ3v) is 3.44. The Morgan fingerprint density at radius 3 is 2.26 bits per heavy atom. The van der Waals surface area contributed by atoms with Gasteiger partial charge in [-0.3, -0.25) is 4.99 Å². The highest BCUT2D eigenvalue weighted by atomic mass is 15.3. The predicted molar refractivity (Wildman–Crippen MR) is 84.3 cm³/mol. The average Bonchev–Trinajstić information content (AvgIpc) is 2.35. The van der Waals surface area contributed by atoms with Crippen LogP contribution >= 0.6 is 0 Å². The monoisotopic (exact) mass is 263 g/mol. The summed E-state index contributed by atoms with van der Waals surface area (Å²) in [6.45, 7) is 13.0. The maximum Gasteiger partial charge on any atom is 0.104 e. The Labute approximate surface area is 118 Å². The van der Waals surface area contributed by atoms with Gasteiger partial charge in [-0.15, -0.1) is 0 Å². The number of hydrogen-bond acceptors (Lipinski definition) is 3. The minimum absolute atomic E-state index is 0.339. The molecule has 3 heteroatoms. The molecule has 0 aromatic rings. The van der Waals surface area contributed by atoms with Gasteiger partial charge < -0.3 is 9.80 Å². The summed E-state index contributed by atoms with van der Waals surface area (Å²) in [5.41, 5.74) is 2.27. The maximum atomic E-state index is 4.63. The van der Waals surface area contributed by atoms with Crippen LogP contribution < -0.4 is 0 Å². The van der Waals surface area contributed by atoms with Gasteiger partial charge >= 0.3 is 0 Å². The summed E-state index contributed by atoms with van der Waals surface area (Å²) in [6, 6.07) is 0.339. The molecule has 0 amide bonds. The van der Waals surface area contributed by atoms with Gasteiger partial charge in [-0.2, -0.15) is 0 Å². The molecule has 1 aliphatic rings. The van der Waals surface area contributed by atoms with Crippen LogP contribution in [0.25, 0.3) is 0 Å². The smallest absolute Gasteiger partial charge is 0.104 e. The molecule has 1 unspecified atom stereocenters. The first-order valence-electron chi connectivity index (χ1n) is 7.42. The Balaban J connectivity index is 2.98. The van der Waals surface area contributed by atoms with Crippen molar-refractivity contribution in [1.29, 1.82) is 0 Å². The van der Waals surface area contributed by atoms with Crippen molar-refractivity contribution >= 4 is 5.71 Å². The third-order valence-electron chi connectivity index (χ3n) is 3.44. The fraction of sp³-hybridized carbons (Fsp3) is 0.688. The Bertz CT molecular complexity index is 369. The highest BCUT2D eigenvalue weighted by molar-refractivity contribution is 5.80. The molecule has 0 radical (unpaired) electrons. The van der Waals surface area contributed by atoms with Crippen LogP contribution in [0.1, 0.15) is 47.5 Å². The van der Waals surface area contributed by atoms with E-state index in [2.05, 4.69) is 54.8 Å². The molecule has 1 aliphatic heterocycles. The van der Waals surface area contributed by atoms with Crippen LogP contribution in [0.3, 0.4) is 0 Å². The standard InChI is InChI=1S/C16H29N3/c1-7-11-19(12-8-2)16-10-9-15(17-13(3)4)14(5)18(16)6/h9-10,14H,7-8,11-12H2,1-6H3. The SMILES string of the molecule is CCCN(CCC)C1=CC=C(N=C(C)C)C(C)N1C. The van der Waals surface area contributed by atoms with E-state index in [4.69, 9.17) is 0 Å². The van der Waals surface area contributed by atoms with Crippen molar-refractivity contribution in [3.8, 4) is 0 Å². The van der Waals surface area contributed by atoms with Crippen LogP contribution in [0.5, 0.6) is 0 Å². The van der Waals surface area contributed by atoms with Crippen molar-refractivity contribution in [3.05, 3.63) is 23.7 Å². The highest BCUT2D eigenvalue weighted by Crippen LogP contribution is 2.24. The first-order chi connectivity index (χ1) is 9.01. The Kier molecular flexibility index (Phi) is 6.13. The van der Waals surface area contributed by atoms with Crippen molar-refractivity contribution in [2.45, 2.75) is 53.5 Å². The molecule has 19 heavy (non-hydrogen) atoms.